The third-order valence-corrected chi connectivity index (χ3v) is 3.81. The summed E-state index contributed by atoms with van der Waals surface area (Å²) in [7, 11) is 3.35. The van der Waals surface area contributed by atoms with Crippen molar-refractivity contribution in [1.29, 1.82) is 0 Å². The van der Waals surface area contributed by atoms with E-state index in [1.54, 1.807) is 20.3 Å². The monoisotopic (exact) mass is 302 g/mol. The van der Waals surface area contributed by atoms with E-state index < -0.39 is 0 Å². The van der Waals surface area contributed by atoms with Gasteiger partial charge in [0, 0.05) is 5.56 Å². The highest BCUT2D eigenvalue weighted by Gasteiger charge is 2.12. The summed E-state index contributed by atoms with van der Waals surface area (Å²) in [4.78, 5) is 0. The lowest BCUT2D eigenvalue weighted by Crippen LogP contribution is -2.01. The maximum absolute atomic E-state index is 13.7. The highest BCUT2D eigenvalue weighted by atomic mass is 19.1. The molecule has 3 heteroatoms. The van der Waals surface area contributed by atoms with E-state index in [9.17, 15) is 4.39 Å². The first-order valence-electron chi connectivity index (χ1n) is 7.66. The topological polar surface area (TPSA) is 18.5 Å². The van der Waals surface area contributed by atoms with Crippen molar-refractivity contribution in [3.8, 4) is 11.5 Å². The number of halogens is 1. The minimum absolute atomic E-state index is 0.149. The molecule has 0 unspecified atom stereocenters. The predicted octanol–water partition coefficient (Wildman–Crippen LogP) is 4.58. The molecule has 0 aromatic heterocycles. The number of benzene rings is 2. The number of hydrogen-bond donors (Lipinski definition) is 0. The van der Waals surface area contributed by atoms with E-state index in [4.69, 9.17) is 9.47 Å². The molecule has 0 saturated carbocycles. The molecular formula is C19H23FO2. The molecule has 0 heterocycles. The molecule has 2 nitrogen and oxygen atoms in total. The molecule has 118 valence electrons. The van der Waals surface area contributed by atoms with Gasteiger partial charge in [-0.05, 0) is 48.6 Å². The van der Waals surface area contributed by atoms with Crippen molar-refractivity contribution in [3.63, 3.8) is 0 Å². The molecule has 0 aliphatic rings. The van der Waals surface area contributed by atoms with Gasteiger partial charge in [-0.25, -0.2) is 4.39 Å². The number of methoxy groups -OCH3 is 2. The molecule has 0 fully saturated rings. The summed E-state index contributed by atoms with van der Waals surface area (Å²) in [6.07, 6.45) is 3.35. The minimum atomic E-state index is -0.149. The largest absolute Gasteiger partial charge is 0.496 e. The van der Waals surface area contributed by atoms with Crippen LogP contribution in [0.2, 0.25) is 0 Å². The number of hydrogen-bond acceptors (Lipinski definition) is 2. The maximum atomic E-state index is 13.7. The van der Waals surface area contributed by atoms with Crippen LogP contribution in [0.25, 0.3) is 0 Å². The molecular weight excluding hydrogens is 279 g/mol. The van der Waals surface area contributed by atoms with Crippen LogP contribution in [0.3, 0.4) is 0 Å². The fourth-order valence-electron chi connectivity index (χ4n) is 2.66. The summed E-state index contributed by atoms with van der Waals surface area (Å²) in [5.74, 6) is 1.55. The smallest absolute Gasteiger partial charge is 0.126 e. The number of aryl methyl sites for hydroxylation is 2. The number of rotatable bonds is 7. The van der Waals surface area contributed by atoms with E-state index in [1.165, 1.54) is 6.07 Å². The van der Waals surface area contributed by atoms with E-state index in [0.717, 1.165) is 47.5 Å². The van der Waals surface area contributed by atoms with Gasteiger partial charge in [-0.1, -0.05) is 31.5 Å². The summed E-state index contributed by atoms with van der Waals surface area (Å²) in [5, 5.41) is 0. The predicted molar refractivity (Wildman–Crippen MR) is 87.3 cm³/mol. The molecule has 0 N–H and O–H groups in total. The zero-order valence-corrected chi connectivity index (χ0v) is 13.5. The van der Waals surface area contributed by atoms with Gasteiger partial charge in [-0.2, -0.15) is 0 Å². The van der Waals surface area contributed by atoms with Crippen LogP contribution in [0.1, 0.15) is 30.0 Å². The summed E-state index contributed by atoms with van der Waals surface area (Å²) in [6, 6.07) is 11.0. The van der Waals surface area contributed by atoms with Crippen molar-refractivity contribution in [2.45, 2.75) is 32.6 Å². The fraction of sp³-hybridized carbons (Fsp3) is 0.368. The van der Waals surface area contributed by atoms with Crippen LogP contribution in [-0.2, 0) is 19.3 Å². The lowest BCUT2D eigenvalue weighted by molar-refractivity contribution is 0.384. The van der Waals surface area contributed by atoms with Crippen molar-refractivity contribution < 1.29 is 13.9 Å². The lowest BCUT2D eigenvalue weighted by Gasteiger charge is -2.15. The molecule has 2 rings (SSSR count). The van der Waals surface area contributed by atoms with Crippen LogP contribution >= 0.6 is 0 Å². The standard InChI is InChI=1S/C19H23FO2/c1-4-7-16-18(21-2)12-14(13-19(16)22-3)10-11-15-8-5-6-9-17(15)20/h5-6,8-9,12-13H,4,7,10-11H2,1-3H3. The van der Waals surface area contributed by atoms with Crippen LogP contribution in [0, 0.1) is 5.82 Å². The first-order chi connectivity index (χ1) is 10.7. The first kappa shape index (κ1) is 16.3. The van der Waals surface area contributed by atoms with Crippen LogP contribution in [0.5, 0.6) is 11.5 Å². The Balaban J connectivity index is 2.22. The SMILES string of the molecule is CCCc1c(OC)cc(CCc2ccccc2F)cc1OC. The Morgan fingerprint density at radius 1 is 0.909 bits per heavy atom. The number of ether oxygens (including phenoxy) is 2. The van der Waals surface area contributed by atoms with Crippen LogP contribution < -0.4 is 9.47 Å². The van der Waals surface area contributed by atoms with Crippen molar-refractivity contribution in [1.82, 2.24) is 0 Å². The van der Waals surface area contributed by atoms with Gasteiger partial charge in [0.2, 0.25) is 0 Å². The average Bonchev–Trinajstić information content (AvgIpc) is 2.55. The Labute approximate surface area is 131 Å². The second-order valence-electron chi connectivity index (χ2n) is 5.32. The van der Waals surface area contributed by atoms with E-state index >= 15 is 0 Å². The average molecular weight is 302 g/mol. The van der Waals surface area contributed by atoms with Crippen LogP contribution in [0.15, 0.2) is 36.4 Å². The maximum Gasteiger partial charge on any atom is 0.126 e. The molecule has 0 aliphatic heterocycles. The molecule has 0 atom stereocenters. The molecule has 0 amide bonds. The highest BCUT2D eigenvalue weighted by molar-refractivity contribution is 5.48. The quantitative estimate of drug-likeness (QED) is 0.745. The molecule has 0 radical (unpaired) electrons. The zero-order valence-electron chi connectivity index (χ0n) is 13.5. The third kappa shape index (κ3) is 3.79. The molecule has 0 saturated heterocycles. The van der Waals surface area contributed by atoms with Gasteiger partial charge >= 0.3 is 0 Å². The van der Waals surface area contributed by atoms with Crippen molar-refractivity contribution >= 4 is 0 Å². The van der Waals surface area contributed by atoms with Crippen molar-refractivity contribution in [2.24, 2.45) is 0 Å². The van der Waals surface area contributed by atoms with Gasteiger partial charge in [-0.3, -0.25) is 0 Å². The lowest BCUT2D eigenvalue weighted by atomic mass is 9.99. The second kappa shape index (κ2) is 7.83. The van der Waals surface area contributed by atoms with Gasteiger partial charge in [-0.15, -0.1) is 0 Å². The Bertz CT molecular complexity index is 598. The Morgan fingerprint density at radius 2 is 1.55 bits per heavy atom. The minimum Gasteiger partial charge on any atom is -0.496 e. The normalized spacial score (nSPS) is 10.5. The second-order valence-corrected chi connectivity index (χ2v) is 5.32. The Kier molecular flexibility index (Phi) is 5.82. The Morgan fingerprint density at radius 3 is 2.09 bits per heavy atom. The fourth-order valence-corrected chi connectivity index (χ4v) is 2.66. The van der Waals surface area contributed by atoms with E-state index in [2.05, 4.69) is 6.92 Å². The third-order valence-electron chi connectivity index (χ3n) is 3.81. The summed E-state index contributed by atoms with van der Waals surface area (Å²) < 4.78 is 24.7. The van der Waals surface area contributed by atoms with Crippen molar-refractivity contribution in [2.75, 3.05) is 14.2 Å². The molecule has 22 heavy (non-hydrogen) atoms. The van der Waals surface area contributed by atoms with Crippen LogP contribution in [0.4, 0.5) is 4.39 Å². The van der Waals surface area contributed by atoms with Gasteiger partial charge in [0.1, 0.15) is 17.3 Å². The molecule has 0 bridgehead atoms. The summed E-state index contributed by atoms with van der Waals surface area (Å²) in [5.41, 5.74) is 2.93. The van der Waals surface area contributed by atoms with E-state index in [0.29, 0.717) is 6.42 Å². The van der Waals surface area contributed by atoms with Gasteiger partial charge in [0.05, 0.1) is 14.2 Å². The van der Waals surface area contributed by atoms with E-state index in [-0.39, 0.29) is 5.82 Å². The molecule has 2 aromatic rings. The zero-order chi connectivity index (χ0) is 15.9. The molecule has 0 aliphatic carbocycles. The van der Waals surface area contributed by atoms with Crippen molar-refractivity contribution in [3.05, 3.63) is 58.9 Å². The van der Waals surface area contributed by atoms with Gasteiger partial charge in [0.25, 0.3) is 0 Å². The first-order valence-corrected chi connectivity index (χ1v) is 7.66. The summed E-state index contributed by atoms with van der Waals surface area (Å²) >= 11 is 0. The van der Waals surface area contributed by atoms with Crippen LogP contribution in [-0.4, -0.2) is 14.2 Å². The molecule has 0 spiro atoms. The van der Waals surface area contributed by atoms with E-state index in [1.807, 2.05) is 24.3 Å². The Hall–Kier alpha value is -2.03. The van der Waals surface area contributed by atoms with Gasteiger partial charge < -0.3 is 9.47 Å². The molecule has 2 aromatic carbocycles. The highest BCUT2D eigenvalue weighted by Crippen LogP contribution is 2.32. The van der Waals surface area contributed by atoms with Gasteiger partial charge in [0.15, 0.2) is 0 Å². The summed E-state index contributed by atoms with van der Waals surface area (Å²) in [6.45, 7) is 2.13.